The van der Waals surface area contributed by atoms with Gasteiger partial charge in [0, 0.05) is 50.4 Å². The molecule has 0 amide bonds. The van der Waals surface area contributed by atoms with E-state index in [1.807, 2.05) is 7.05 Å². The Balaban J connectivity index is 1.37. The van der Waals surface area contributed by atoms with Crippen LogP contribution >= 0.6 is 0 Å². The van der Waals surface area contributed by atoms with Crippen molar-refractivity contribution in [3.63, 3.8) is 0 Å². The molecule has 172 valence electrons. The maximum absolute atomic E-state index is 12.8. The summed E-state index contributed by atoms with van der Waals surface area (Å²) >= 11 is 0. The fourth-order valence-corrected chi connectivity index (χ4v) is 4.93. The zero-order chi connectivity index (χ0) is 23.4. The Morgan fingerprint density at radius 1 is 1.00 bits per heavy atom. The van der Waals surface area contributed by atoms with E-state index in [0.717, 1.165) is 18.7 Å². The van der Waals surface area contributed by atoms with Gasteiger partial charge in [0.2, 0.25) is 10.0 Å². The molecule has 0 bridgehead atoms. The molecule has 2 aromatic carbocycles. The largest absolute Gasteiger partial charge is 0.365 e. The van der Waals surface area contributed by atoms with E-state index in [4.69, 9.17) is 0 Å². The molecule has 1 fully saturated rings. The van der Waals surface area contributed by atoms with Crippen molar-refractivity contribution in [2.75, 3.05) is 38.5 Å². The number of hydrogen-bond acceptors (Lipinski definition) is 8. The fourth-order valence-electron chi connectivity index (χ4n) is 3.51. The van der Waals surface area contributed by atoms with Crippen molar-refractivity contribution in [2.24, 2.45) is 0 Å². The number of rotatable bonds is 7. The number of nitro benzene ring substituents is 1. The number of aromatic nitrogens is 2. The van der Waals surface area contributed by atoms with Gasteiger partial charge < -0.3 is 10.2 Å². The zero-order valence-electron chi connectivity index (χ0n) is 18.1. The van der Waals surface area contributed by atoms with Crippen LogP contribution in [0.3, 0.4) is 0 Å². The summed E-state index contributed by atoms with van der Waals surface area (Å²) in [5.41, 5.74) is 2.04. The number of sulfonamides is 1. The Bertz CT molecular complexity index is 1220. The molecule has 10 nitrogen and oxygen atoms in total. The molecule has 0 radical (unpaired) electrons. The predicted molar refractivity (Wildman–Crippen MR) is 124 cm³/mol. The molecule has 3 aromatic rings. The number of anilines is 1. The lowest BCUT2D eigenvalue weighted by molar-refractivity contribution is -0.384. The van der Waals surface area contributed by atoms with Crippen LogP contribution in [-0.4, -0.2) is 66.0 Å². The van der Waals surface area contributed by atoms with Crippen molar-refractivity contribution >= 4 is 21.5 Å². The number of nitrogens with zero attached hydrogens (tertiary/aromatic N) is 5. The molecule has 1 aliphatic rings. The van der Waals surface area contributed by atoms with Gasteiger partial charge >= 0.3 is 0 Å². The summed E-state index contributed by atoms with van der Waals surface area (Å²) in [4.78, 5) is 12.9. The third kappa shape index (κ3) is 5.33. The average Bonchev–Trinajstić information content (AvgIpc) is 2.84. The number of benzene rings is 2. The minimum absolute atomic E-state index is 0.00501. The highest BCUT2D eigenvalue weighted by Crippen LogP contribution is 2.22. The van der Waals surface area contributed by atoms with E-state index >= 15 is 0 Å². The number of piperazine rings is 1. The molecule has 0 saturated carbocycles. The third-order valence-corrected chi connectivity index (χ3v) is 7.43. The minimum Gasteiger partial charge on any atom is -0.365 e. The molecular weight excluding hydrogens is 444 g/mol. The van der Waals surface area contributed by atoms with Crippen LogP contribution in [0.2, 0.25) is 0 Å². The highest BCUT2D eigenvalue weighted by Gasteiger charge is 2.27. The van der Waals surface area contributed by atoms with Crippen LogP contribution in [0.15, 0.2) is 65.6 Å². The standard InChI is InChI=1S/C22H24N6O4S/c1-26-11-13-27(14-12-26)33(31,32)20-7-5-17(6-8-20)16-23-22-10-9-21(24-25-22)18-3-2-4-19(15-18)28(29)30/h2-10,15H,11-14,16H2,1H3,(H,23,25). The third-order valence-electron chi connectivity index (χ3n) is 5.51. The SMILES string of the molecule is CN1CCN(S(=O)(=O)c2ccc(CNc3ccc(-c4cccc([N+](=O)[O-])c4)nn3)cc2)CC1. The van der Waals surface area contributed by atoms with Crippen LogP contribution in [0.1, 0.15) is 5.56 Å². The molecule has 4 rings (SSSR count). The molecule has 1 N–H and O–H groups in total. The molecule has 0 unspecified atom stereocenters. The summed E-state index contributed by atoms with van der Waals surface area (Å²) in [5, 5.41) is 22.4. The van der Waals surface area contributed by atoms with Crippen molar-refractivity contribution < 1.29 is 13.3 Å². The zero-order valence-corrected chi connectivity index (χ0v) is 18.9. The van der Waals surface area contributed by atoms with Crippen LogP contribution in [0.4, 0.5) is 11.5 Å². The van der Waals surface area contributed by atoms with Gasteiger partial charge in [-0.1, -0.05) is 24.3 Å². The molecular formula is C22H24N6O4S. The maximum Gasteiger partial charge on any atom is 0.270 e. The van der Waals surface area contributed by atoms with E-state index in [1.54, 1.807) is 48.5 Å². The summed E-state index contributed by atoms with van der Waals surface area (Å²) in [6.45, 7) is 2.88. The van der Waals surface area contributed by atoms with Gasteiger partial charge in [0.15, 0.2) is 0 Å². The number of nitro groups is 1. The lowest BCUT2D eigenvalue weighted by Gasteiger charge is -2.31. The Morgan fingerprint density at radius 2 is 1.73 bits per heavy atom. The normalized spacial score (nSPS) is 15.3. The van der Waals surface area contributed by atoms with Gasteiger partial charge in [-0.15, -0.1) is 10.2 Å². The van der Waals surface area contributed by atoms with Crippen molar-refractivity contribution in [3.8, 4) is 11.3 Å². The van der Waals surface area contributed by atoms with Crippen LogP contribution in [-0.2, 0) is 16.6 Å². The molecule has 11 heteroatoms. The predicted octanol–water partition coefficient (Wildman–Crippen LogP) is 2.60. The van der Waals surface area contributed by atoms with Gasteiger partial charge in [0.05, 0.1) is 15.5 Å². The lowest BCUT2D eigenvalue weighted by Crippen LogP contribution is -2.46. The number of likely N-dealkylation sites (N-methyl/N-ethyl adjacent to an activating group) is 1. The molecule has 2 heterocycles. The average molecular weight is 469 g/mol. The summed E-state index contributed by atoms with van der Waals surface area (Å²) in [5.74, 6) is 0.540. The van der Waals surface area contributed by atoms with Crippen LogP contribution in [0.25, 0.3) is 11.3 Å². The monoisotopic (exact) mass is 468 g/mol. The molecule has 33 heavy (non-hydrogen) atoms. The summed E-state index contributed by atoms with van der Waals surface area (Å²) in [7, 11) is -1.50. The first-order valence-corrected chi connectivity index (χ1v) is 11.9. The fraction of sp³-hybridized carbons (Fsp3) is 0.273. The number of nitrogens with one attached hydrogen (secondary N) is 1. The van der Waals surface area contributed by atoms with Gasteiger partial charge in [-0.3, -0.25) is 10.1 Å². The highest BCUT2D eigenvalue weighted by atomic mass is 32.2. The molecule has 0 aliphatic carbocycles. The van der Waals surface area contributed by atoms with Gasteiger partial charge in [0.1, 0.15) is 5.82 Å². The molecule has 0 spiro atoms. The molecule has 1 aliphatic heterocycles. The van der Waals surface area contributed by atoms with Gasteiger partial charge in [-0.25, -0.2) is 8.42 Å². The van der Waals surface area contributed by atoms with Gasteiger partial charge in [-0.05, 0) is 36.9 Å². The van der Waals surface area contributed by atoms with Crippen molar-refractivity contribution in [3.05, 3.63) is 76.3 Å². The molecule has 1 saturated heterocycles. The summed E-state index contributed by atoms with van der Waals surface area (Å²) in [6, 6.07) is 16.5. The van der Waals surface area contributed by atoms with Crippen LogP contribution in [0, 0.1) is 10.1 Å². The topological polar surface area (TPSA) is 122 Å². The first kappa shape index (κ1) is 22.8. The summed E-state index contributed by atoms with van der Waals surface area (Å²) < 4.78 is 27.2. The first-order valence-electron chi connectivity index (χ1n) is 10.4. The lowest BCUT2D eigenvalue weighted by atomic mass is 10.1. The van der Waals surface area contributed by atoms with E-state index in [9.17, 15) is 18.5 Å². The van der Waals surface area contributed by atoms with Crippen molar-refractivity contribution in [1.29, 1.82) is 0 Å². The van der Waals surface area contributed by atoms with Gasteiger partial charge in [-0.2, -0.15) is 4.31 Å². The second kappa shape index (κ2) is 9.61. The van der Waals surface area contributed by atoms with E-state index in [1.165, 1.54) is 16.4 Å². The first-order chi connectivity index (χ1) is 15.8. The van der Waals surface area contributed by atoms with E-state index < -0.39 is 14.9 Å². The van der Waals surface area contributed by atoms with E-state index in [2.05, 4.69) is 20.4 Å². The van der Waals surface area contributed by atoms with Crippen LogP contribution in [0.5, 0.6) is 0 Å². The van der Waals surface area contributed by atoms with E-state index in [-0.39, 0.29) is 10.6 Å². The smallest absolute Gasteiger partial charge is 0.270 e. The number of non-ortho nitro benzene ring substituents is 1. The Morgan fingerprint density at radius 3 is 2.36 bits per heavy atom. The van der Waals surface area contributed by atoms with Crippen LogP contribution < -0.4 is 5.32 Å². The van der Waals surface area contributed by atoms with Crippen molar-refractivity contribution in [2.45, 2.75) is 11.4 Å². The Hall–Kier alpha value is -3.41. The highest BCUT2D eigenvalue weighted by molar-refractivity contribution is 7.89. The summed E-state index contributed by atoms with van der Waals surface area (Å²) in [6.07, 6.45) is 0. The van der Waals surface area contributed by atoms with E-state index in [0.29, 0.717) is 36.7 Å². The van der Waals surface area contributed by atoms with Crippen molar-refractivity contribution in [1.82, 2.24) is 19.4 Å². The number of hydrogen-bond donors (Lipinski definition) is 1. The molecule has 1 aromatic heterocycles. The maximum atomic E-state index is 12.8. The molecule has 0 atom stereocenters. The Kier molecular flexibility index (Phi) is 6.63. The van der Waals surface area contributed by atoms with Gasteiger partial charge in [0.25, 0.3) is 5.69 Å². The Labute approximate surface area is 192 Å². The second-order valence-corrected chi connectivity index (χ2v) is 9.75. The second-order valence-electron chi connectivity index (χ2n) is 7.82. The minimum atomic E-state index is -3.49. The quantitative estimate of drug-likeness (QED) is 0.415.